The number of esters is 1. The number of aromatic nitrogens is 2. The van der Waals surface area contributed by atoms with Crippen molar-refractivity contribution in [2.45, 2.75) is 23.3 Å². The predicted molar refractivity (Wildman–Crippen MR) is 68.7 cm³/mol. The molecule has 2 heterocycles. The molecule has 5 nitrogen and oxygen atoms in total. The first-order valence-corrected chi connectivity index (χ1v) is 6.99. The van der Waals surface area contributed by atoms with E-state index in [4.69, 9.17) is 9.15 Å². The van der Waals surface area contributed by atoms with Crippen molar-refractivity contribution in [3.63, 3.8) is 0 Å². The molecular weight excluding hydrogens is 283 g/mol. The molecule has 3 rings (SSSR count). The molecule has 0 amide bonds. The zero-order valence-electron chi connectivity index (χ0n) is 10.4. The van der Waals surface area contributed by atoms with E-state index in [0.29, 0.717) is 29.7 Å². The van der Waals surface area contributed by atoms with Crippen LogP contribution in [0.2, 0.25) is 0 Å². The Hall–Kier alpha value is -1.89. The molecule has 1 aromatic carbocycles. The van der Waals surface area contributed by atoms with Crippen LogP contribution < -0.4 is 0 Å². The average molecular weight is 294 g/mol. The van der Waals surface area contributed by atoms with Crippen LogP contribution in [0, 0.1) is 5.82 Å². The van der Waals surface area contributed by atoms with Crippen molar-refractivity contribution < 1.29 is 18.3 Å². The first-order valence-electron chi connectivity index (χ1n) is 6.11. The molecule has 0 bridgehead atoms. The lowest BCUT2D eigenvalue weighted by molar-refractivity contribution is -0.137. The highest BCUT2D eigenvalue weighted by atomic mass is 32.2. The molecule has 1 fully saturated rings. The highest BCUT2D eigenvalue weighted by Gasteiger charge is 2.29. The number of benzene rings is 1. The SMILES string of the molecule is O=C1OCCC1Sc1nnc(Cc2ccccc2F)o1. The van der Waals surface area contributed by atoms with Crippen molar-refractivity contribution >= 4 is 17.7 Å². The van der Waals surface area contributed by atoms with Gasteiger partial charge >= 0.3 is 5.97 Å². The summed E-state index contributed by atoms with van der Waals surface area (Å²) in [6.45, 7) is 0.423. The predicted octanol–water partition coefficient (Wildman–Crippen LogP) is 2.21. The number of thioether (sulfide) groups is 1. The van der Waals surface area contributed by atoms with Gasteiger partial charge in [0.05, 0.1) is 13.0 Å². The van der Waals surface area contributed by atoms with Crippen LogP contribution in [-0.4, -0.2) is 28.0 Å². The third kappa shape index (κ3) is 2.82. The molecule has 7 heteroatoms. The van der Waals surface area contributed by atoms with E-state index in [0.717, 1.165) is 0 Å². The first kappa shape index (κ1) is 13.1. The van der Waals surface area contributed by atoms with Gasteiger partial charge in [-0.3, -0.25) is 4.79 Å². The molecule has 0 radical (unpaired) electrons. The van der Waals surface area contributed by atoms with Gasteiger partial charge in [-0.05, 0) is 23.4 Å². The molecule has 20 heavy (non-hydrogen) atoms. The molecular formula is C13H11FN2O3S. The second-order valence-electron chi connectivity index (χ2n) is 4.29. The van der Waals surface area contributed by atoms with Gasteiger partial charge in [-0.2, -0.15) is 0 Å². The summed E-state index contributed by atoms with van der Waals surface area (Å²) in [5.41, 5.74) is 0.493. The largest absolute Gasteiger partial charge is 0.465 e. The Morgan fingerprint density at radius 2 is 2.20 bits per heavy atom. The molecule has 1 unspecified atom stereocenters. The van der Waals surface area contributed by atoms with Crippen LogP contribution in [0.25, 0.3) is 0 Å². The van der Waals surface area contributed by atoms with Crippen molar-refractivity contribution in [2.24, 2.45) is 0 Å². The van der Waals surface area contributed by atoms with E-state index in [9.17, 15) is 9.18 Å². The Bertz CT molecular complexity index is 632. The van der Waals surface area contributed by atoms with Crippen LogP contribution in [0.3, 0.4) is 0 Å². The molecule has 0 aliphatic carbocycles. The zero-order valence-corrected chi connectivity index (χ0v) is 11.2. The summed E-state index contributed by atoms with van der Waals surface area (Å²) in [5, 5.41) is 7.73. The van der Waals surface area contributed by atoms with Crippen molar-refractivity contribution in [3.05, 3.63) is 41.5 Å². The molecule has 1 aromatic heterocycles. The van der Waals surface area contributed by atoms with Gasteiger partial charge in [-0.15, -0.1) is 10.2 Å². The van der Waals surface area contributed by atoms with E-state index in [2.05, 4.69) is 10.2 Å². The highest BCUT2D eigenvalue weighted by Crippen LogP contribution is 2.28. The van der Waals surface area contributed by atoms with Crippen LogP contribution >= 0.6 is 11.8 Å². The van der Waals surface area contributed by atoms with E-state index in [1.807, 2.05) is 0 Å². The van der Waals surface area contributed by atoms with Gasteiger partial charge in [0.2, 0.25) is 5.89 Å². The van der Waals surface area contributed by atoms with Crippen molar-refractivity contribution in [1.82, 2.24) is 10.2 Å². The molecule has 1 aliphatic heterocycles. The highest BCUT2D eigenvalue weighted by molar-refractivity contribution is 8.00. The standard InChI is InChI=1S/C13H11FN2O3S/c14-9-4-2-1-3-8(9)7-11-15-16-13(19-11)20-10-5-6-18-12(10)17/h1-4,10H,5-7H2. The number of cyclic esters (lactones) is 1. The minimum absolute atomic E-state index is 0.231. The van der Waals surface area contributed by atoms with Gasteiger partial charge in [0, 0.05) is 6.42 Å². The summed E-state index contributed by atoms with van der Waals surface area (Å²) < 4.78 is 23.8. The van der Waals surface area contributed by atoms with Gasteiger partial charge in [0.25, 0.3) is 5.22 Å². The van der Waals surface area contributed by atoms with E-state index in [-0.39, 0.29) is 23.5 Å². The maximum Gasteiger partial charge on any atom is 0.319 e. The Balaban J connectivity index is 1.68. The van der Waals surface area contributed by atoms with Crippen LogP contribution in [-0.2, 0) is 16.0 Å². The van der Waals surface area contributed by atoms with Gasteiger partial charge in [0.1, 0.15) is 11.1 Å². The lowest BCUT2D eigenvalue weighted by atomic mass is 10.1. The monoisotopic (exact) mass is 294 g/mol. The van der Waals surface area contributed by atoms with Crippen LogP contribution in [0.4, 0.5) is 4.39 Å². The molecule has 104 valence electrons. The fourth-order valence-corrected chi connectivity index (χ4v) is 2.72. The van der Waals surface area contributed by atoms with Gasteiger partial charge in [0.15, 0.2) is 0 Å². The van der Waals surface area contributed by atoms with E-state index < -0.39 is 0 Å². The molecule has 1 saturated heterocycles. The summed E-state index contributed by atoms with van der Waals surface area (Å²) >= 11 is 1.19. The number of rotatable bonds is 4. The van der Waals surface area contributed by atoms with Gasteiger partial charge in [-0.1, -0.05) is 18.2 Å². The Kier molecular flexibility index (Phi) is 3.68. The summed E-state index contributed by atoms with van der Waals surface area (Å²) in [4.78, 5) is 11.3. The van der Waals surface area contributed by atoms with Crippen molar-refractivity contribution in [2.75, 3.05) is 6.61 Å². The summed E-state index contributed by atoms with van der Waals surface area (Å²) in [6, 6.07) is 6.43. The quantitative estimate of drug-likeness (QED) is 0.805. The van der Waals surface area contributed by atoms with E-state index >= 15 is 0 Å². The number of ether oxygens (including phenoxy) is 1. The van der Waals surface area contributed by atoms with E-state index in [1.165, 1.54) is 17.8 Å². The molecule has 1 aliphatic rings. The Morgan fingerprint density at radius 1 is 1.35 bits per heavy atom. The van der Waals surface area contributed by atoms with Gasteiger partial charge < -0.3 is 9.15 Å². The number of hydrogen-bond donors (Lipinski definition) is 0. The van der Waals surface area contributed by atoms with Crippen LogP contribution in [0.15, 0.2) is 33.9 Å². The summed E-state index contributed by atoms with van der Waals surface area (Å²) in [5.74, 6) is -0.243. The van der Waals surface area contributed by atoms with E-state index in [1.54, 1.807) is 18.2 Å². The lowest BCUT2D eigenvalue weighted by Crippen LogP contribution is -2.09. The topological polar surface area (TPSA) is 65.2 Å². The van der Waals surface area contributed by atoms with Crippen LogP contribution in [0.1, 0.15) is 17.9 Å². The lowest BCUT2D eigenvalue weighted by Gasteiger charge is -2.00. The second-order valence-corrected chi connectivity index (χ2v) is 5.45. The third-order valence-corrected chi connectivity index (χ3v) is 3.96. The fraction of sp³-hybridized carbons (Fsp3) is 0.308. The third-order valence-electron chi connectivity index (χ3n) is 2.88. The molecule has 1 atom stereocenters. The van der Waals surface area contributed by atoms with Gasteiger partial charge in [-0.25, -0.2) is 4.39 Å². The number of carbonyl (C=O) groups excluding carboxylic acids is 1. The number of hydrogen-bond acceptors (Lipinski definition) is 6. The maximum absolute atomic E-state index is 13.5. The first-order chi connectivity index (χ1) is 9.72. The molecule has 0 spiro atoms. The normalized spacial score (nSPS) is 18.2. The number of halogens is 1. The number of carbonyl (C=O) groups is 1. The fourth-order valence-electron chi connectivity index (χ4n) is 1.87. The second kappa shape index (κ2) is 5.62. The molecule has 0 saturated carbocycles. The van der Waals surface area contributed by atoms with Crippen LogP contribution in [0.5, 0.6) is 0 Å². The minimum atomic E-state index is -0.306. The van der Waals surface area contributed by atoms with Crippen molar-refractivity contribution in [3.8, 4) is 0 Å². The Morgan fingerprint density at radius 3 is 2.95 bits per heavy atom. The Labute approximate surface area is 118 Å². The average Bonchev–Trinajstić information content (AvgIpc) is 3.03. The molecule has 2 aromatic rings. The smallest absolute Gasteiger partial charge is 0.319 e. The zero-order chi connectivity index (χ0) is 13.9. The summed E-state index contributed by atoms with van der Waals surface area (Å²) in [7, 11) is 0. The number of nitrogens with zero attached hydrogens (tertiary/aromatic N) is 2. The summed E-state index contributed by atoms with van der Waals surface area (Å²) in [6.07, 6.45) is 0.865. The minimum Gasteiger partial charge on any atom is -0.465 e. The maximum atomic E-state index is 13.5. The molecule has 0 N–H and O–H groups in total. The van der Waals surface area contributed by atoms with Crippen molar-refractivity contribution in [1.29, 1.82) is 0 Å².